The third-order valence-electron chi connectivity index (χ3n) is 4.94. The fraction of sp³-hybridized carbons (Fsp3) is 0.200. The average molecular weight is 372 g/mol. The van der Waals surface area contributed by atoms with Crippen molar-refractivity contribution < 1.29 is 0 Å². The molecule has 140 valence electrons. The summed E-state index contributed by atoms with van der Waals surface area (Å²) in [5.41, 5.74) is 10.3. The van der Waals surface area contributed by atoms with Gasteiger partial charge in [-0.2, -0.15) is 0 Å². The highest BCUT2D eigenvalue weighted by molar-refractivity contribution is 5.84. The zero-order chi connectivity index (χ0) is 18.9. The van der Waals surface area contributed by atoms with Crippen LogP contribution >= 0.6 is 0 Å². The number of anilines is 2. The van der Waals surface area contributed by atoms with Crippen molar-refractivity contribution in [3.05, 3.63) is 55.1 Å². The van der Waals surface area contributed by atoms with Crippen molar-refractivity contribution in [3.8, 4) is 22.4 Å². The maximum absolute atomic E-state index is 6.14. The number of nitrogens with two attached hydrogens (primary N) is 1. The Morgan fingerprint density at radius 1 is 0.929 bits per heavy atom. The second kappa shape index (κ2) is 6.90. The lowest BCUT2D eigenvalue weighted by atomic mass is 10.1. The molecule has 3 N–H and O–H groups in total. The van der Waals surface area contributed by atoms with Crippen LogP contribution in [0.5, 0.6) is 0 Å². The van der Waals surface area contributed by atoms with E-state index in [0.29, 0.717) is 11.5 Å². The van der Waals surface area contributed by atoms with E-state index in [1.807, 2.05) is 36.8 Å². The quantitative estimate of drug-likeness (QED) is 0.566. The Morgan fingerprint density at radius 2 is 1.79 bits per heavy atom. The summed E-state index contributed by atoms with van der Waals surface area (Å²) in [6, 6.07) is 9.82. The third kappa shape index (κ3) is 2.93. The van der Waals surface area contributed by atoms with Gasteiger partial charge in [0.15, 0.2) is 11.5 Å². The topological polar surface area (TPSA) is 97.3 Å². The molecule has 28 heavy (non-hydrogen) atoms. The molecule has 0 amide bonds. The summed E-state index contributed by atoms with van der Waals surface area (Å²) in [4.78, 5) is 15.9. The SMILES string of the molecule is Nc1nn2cc(-c3ccc(N4CCNCC4)nc3)cnc2c1-c1ccccn1. The van der Waals surface area contributed by atoms with Gasteiger partial charge < -0.3 is 16.0 Å². The van der Waals surface area contributed by atoms with Crippen LogP contribution in [-0.4, -0.2) is 50.7 Å². The van der Waals surface area contributed by atoms with Crippen LogP contribution in [0, 0.1) is 0 Å². The number of nitrogens with one attached hydrogen (secondary N) is 1. The zero-order valence-corrected chi connectivity index (χ0v) is 15.3. The molecule has 0 radical (unpaired) electrons. The smallest absolute Gasteiger partial charge is 0.166 e. The second-order valence-corrected chi connectivity index (χ2v) is 6.73. The van der Waals surface area contributed by atoms with E-state index in [-0.39, 0.29) is 0 Å². The number of nitrogens with zero attached hydrogens (tertiary/aromatic N) is 6. The van der Waals surface area contributed by atoms with Gasteiger partial charge in [-0.15, -0.1) is 5.10 Å². The molecule has 0 bridgehead atoms. The largest absolute Gasteiger partial charge is 0.382 e. The van der Waals surface area contributed by atoms with Crippen molar-refractivity contribution in [2.45, 2.75) is 0 Å². The highest BCUT2D eigenvalue weighted by Gasteiger charge is 2.16. The van der Waals surface area contributed by atoms with E-state index < -0.39 is 0 Å². The first-order valence-electron chi connectivity index (χ1n) is 9.27. The number of nitrogen functional groups attached to an aromatic ring is 1. The molecule has 1 aliphatic rings. The molecular formula is C20H20N8. The van der Waals surface area contributed by atoms with Gasteiger partial charge >= 0.3 is 0 Å². The molecule has 4 aromatic heterocycles. The van der Waals surface area contributed by atoms with Gasteiger partial charge in [-0.1, -0.05) is 6.07 Å². The van der Waals surface area contributed by atoms with Crippen molar-refractivity contribution >= 4 is 17.3 Å². The Hall–Kier alpha value is -3.52. The molecule has 1 saturated heterocycles. The van der Waals surface area contributed by atoms with Gasteiger partial charge in [0, 0.05) is 62.1 Å². The minimum Gasteiger partial charge on any atom is -0.382 e. The lowest BCUT2D eigenvalue weighted by molar-refractivity contribution is 0.585. The molecule has 0 atom stereocenters. The number of aromatic nitrogens is 5. The number of hydrogen-bond acceptors (Lipinski definition) is 7. The van der Waals surface area contributed by atoms with Crippen LogP contribution < -0.4 is 16.0 Å². The fourth-order valence-electron chi connectivity index (χ4n) is 3.50. The van der Waals surface area contributed by atoms with Crippen molar-refractivity contribution in [1.29, 1.82) is 0 Å². The van der Waals surface area contributed by atoms with Crippen LogP contribution in [0.15, 0.2) is 55.1 Å². The van der Waals surface area contributed by atoms with Crippen LogP contribution in [0.25, 0.3) is 28.0 Å². The molecule has 1 aliphatic heterocycles. The summed E-state index contributed by atoms with van der Waals surface area (Å²) in [5.74, 6) is 1.41. The van der Waals surface area contributed by atoms with Crippen LogP contribution in [0.1, 0.15) is 0 Å². The summed E-state index contributed by atoms with van der Waals surface area (Å²) in [6.07, 6.45) is 7.36. The molecule has 4 aromatic rings. The van der Waals surface area contributed by atoms with Gasteiger partial charge in [0.25, 0.3) is 0 Å². The summed E-state index contributed by atoms with van der Waals surface area (Å²) in [5, 5.41) is 7.78. The Labute approximate surface area is 162 Å². The molecule has 0 aromatic carbocycles. The monoisotopic (exact) mass is 372 g/mol. The molecule has 0 aliphatic carbocycles. The lowest BCUT2D eigenvalue weighted by Gasteiger charge is -2.28. The Kier molecular flexibility index (Phi) is 4.10. The van der Waals surface area contributed by atoms with Gasteiger partial charge in [0.1, 0.15) is 5.82 Å². The van der Waals surface area contributed by atoms with Gasteiger partial charge in [0.2, 0.25) is 0 Å². The van der Waals surface area contributed by atoms with E-state index in [9.17, 15) is 0 Å². The van der Waals surface area contributed by atoms with E-state index in [1.54, 1.807) is 10.7 Å². The average Bonchev–Trinajstić information content (AvgIpc) is 3.10. The number of piperazine rings is 1. The number of pyridine rings is 2. The normalized spacial score (nSPS) is 14.5. The third-order valence-corrected chi connectivity index (χ3v) is 4.94. The zero-order valence-electron chi connectivity index (χ0n) is 15.3. The second-order valence-electron chi connectivity index (χ2n) is 6.73. The summed E-state index contributed by atoms with van der Waals surface area (Å²) in [7, 11) is 0. The van der Waals surface area contributed by atoms with Crippen LogP contribution in [0.3, 0.4) is 0 Å². The van der Waals surface area contributed by atoms with Crippen LogP contribution in [0.2, 0.25) is 0 Å². The van der Waals surface area contributed by atoms with Crippen LogP contribution in [-0.2, 0) is 0 Å². The van der Waals surface area contributed by atoms with Gasteiger partial charge in [0.05, 0.1) is 11.3 Å². The first-order valence-corrected chi connectivity index (χ1v) is 9.27. The number of hydrogen-bond donors (Lipinski definition) is 2. The molecule has 5 heterocycles. The molecule has 8 nitrogen and oxygen atoms in total. The van der Waals surface area contributed by atoms with E-state index in [4.69, 9.17) is 5.73 Å². The minimum atomic E-state index is 0.413. The maximum Gasteiger partial charge on any atom is 0.166 e. The Balaban J connectivity index is 1.48. The highest BCUT2D eigenvalue weighted by Crippen LogP contribution is 2.29. The van der Waals surface area contributed by atoms with E-state index >= 15 is 0 Å². The number of rotatable bonds is 3. The van der Waals surface area contributed by atoms with Crippen LogP contribution in [0.4, 0.5) is 11.6 Å². The molecular weight excluding hydrogens is 352 g/mol. The fourth-order valence-corrected chi connectivity index (χ4v) is 3.50. The number of fused-ring (bicyclic) bond motifs is 1. The van der Waals surface area contributed by atoms with Crippen molar-refractivity contribution in [3.63, 3.8) is 0 Å². The highest BCUT2D eigenvalue weighted by atomic mass is 15.3. The summed E-state index contributed by atoms with van der Waals surface area (Å²) in [6.45, 7) is 3.93. The Bertz CT molecular complexity index is 1100. The first-order chi connectivity index (χ1) is 13.8. The van der Waals surface area contributed by atoms with E-state index in [1.165, 1.54) is 0 Å². The summed E-state index contributed by atoms with van der Waals surface area (Å²) >= 11 is 0. The molecule has 0 spiro atoms. The molecule has 5 rings (SSSR count). The van der Waals surface area contributed by atoms with Gasteiger partial charge in [-0.05, 0) is 24.3 Å². The van der Waals surface area contributed by atoms with Crippen molar-refractivity contribution in [2.24, 2.45) is 0 Å². The Morgan fingerprint density at radius 3 is 2.54 bits per heavy atom. The van der Waals surface area contributed by atoms with E-state index in [2.05, 4.69) is 42.4 Å². The maximum atomic E-state index is 6.14. The van der Waals surface area contributed by atoms with E-state index in [0.717, 1.165) is 54.4 Å². The van der Waals surface area contributed by atoms with Crippen molar-refractivity contribution in [1.82, 2.24) is 29.9 Å². The van der Waals surface area contributed by atoms with Crippen molar-refractivity contribution in [2.75, 3.05) is 36.8 Å². The molecule has 0 unspecified atom stereocenters. The van der Waals surface area contributed by atoms with Gasteiger partial charge in [-0.3, -0.25) is 4.98 Å². The standard InChI is InChI=1S/C20H20N8/c21-19-18(16-3-1-2-6-23-16)20-25-12-15(13-28(20)26-19)14-4-5-17(24-11-14)27-9-7-22-8-10-27/h1-6,11-13,22H,7-10H2,(H2,21,26). The predicted octanol–water partition coefficient (Wildman–Crippen LogP) is 1.85. The molecule has 8 heteroatoms. The summed E-state index contributed by atoms with van der Waals surface area (Å²) < 4.78 is 1.71. The minimum absolute atomic E-state index is 0.413. The molecule has 1 fully saturated rings. The lowest BCUT2D eigenvalue weighted by Crippen LogP contribution is -2.43. The predicted molar refractivity (Wildman–Crippen MR) is 109 cm³/mol. The molecule has 0 saturated carbocycles. The first kappa shape index (κ1) is 16.6. The van der Waals surface area contributed by atoms with Gasteiger partial charge in [-0.25, -0.2) is 14.5 Å².